The van der Waals surface area contributed by atoms with Gasteiger partial charge in [0.05, 0.1) is 12.6 Å². The fourth-order valence-corrected chi connectivity index (χ4v) is 4.07. The lowest BCUT2D eigenvalue weighted by Gasteiger charge is -2.21. The number of nitrogens with zero attached hydrogens (tertiary/aromatic N) is 2. The number of hydrazone groups is 1. The van der Waals surface area contributed by atoms with Crippen LogP contribution in [0.1, 0.15) is 46.1 Å². The lowest BCUT2D eigenvalue weighted by Crippen LogP contribution is -2.31. The van der Waals surface area contributed by atoms with Crippen molar-refractivity contribution in [1.29, 1.82) is 0 Å². The second kappa shape index (κ2) is 8.05. The van der Waals surface area contributed by atoms with E-state index in [0.717, 1.165) is 22.0 Å². The van der Waals surface area contributed by atoms with E-state index in [2.05, 4.69) is 10.4 Å². The number of hydrogen-bond acceptors (Lipinski definition) is 6. The number of carbonyl (C=O) groups is 2. The Balaban J connectivity index is 1.50. The third kappa shape index (κ3) is 4.14. The van der Waals surface area contributed by atoms with E-state index in [-0.39, 0.29) is 24.3 Å². The van der Waals surface area contributed by atoms with Gasteiger partial charge in [0, 0.05) is 22.5 Å². The van der Waals surface area contributed by atoms with Crippen molar-refractivity contribution >= 4 is 34.4 Å². The largest absolute Gasteiger partial charge is 0.460 e. The van der Waals surface area contributed by atoms with Crippen LogP contribution in [0.4, 0.5) is 5.69 Å². The Kier molecular flexibility index (Phi) is 5.31. The van der Waals surface area contributed by atoms with Crippen molar-refractivity contribution in [3.05, 3.63) is 75.9 Å². The van der Waals surface area contributed by atoms with E-state index in [1.54, 1.807) is 40.6 Å². The first-order chi connectivity index (χ1) is 14.0. The van der Waals surface area contributed by atoms with Gasteiger partial charge in [-0.2, -0.15) is 5.10 Å². The molecule has 1 aliphatic heterocycles. The van der Waals surface area contributed by atoms with Crippen LogP contribution >= 0.6 is 11.3 Å². The summed E-state index contributed by atoms with van der Waals surface area (Å²) in [6, 6.07) is 14.7. The van der Waals surface area contributed by atoms with Crippen LogP contribution < -0.4 is 5.32 Å². The van der Waals surface area contributed by atoms with Crippen molar-refractivity contribution in [2.45, 2.75) is 26.3 Å². The number of nitrogens with one attached hydrogen (secondary N) is 1. The molecule has 4 rings (SSSR count). The summed E-state index contributed by atoms with van der Waals surface area (Å²) in [5.41, 5.74) is 2.19. The van der Waals surface area contributed by atoms with Crippen molar-refractivity contribution in [2.75, 3.05) is 11.9 Å². The minimum absolute atomic E-state index is 0.0125. The predicted molar refractivity (Wildman–Crippen MR) is 113 cm³/mol. The van der Waals surface area contributed by atoms with Gasteiger partial charge in [0.1, 0.15) is 17.2 Å². The first-order valence-electron chi connectivity index (χ1n) is 9.36. The summed E-state index contributed by atoms with van der Waals surface area (Å²) in [6.45, 7) is 3.52. The summed E-state index contributed by atoms with van der Waals surface area (Å²) in [7, 11) is 0. The Bertz CT molecular complexity index is 1050. The van der Waals surface area contributed by atoms with E-state index < -0.39 is 0 Å². The second-order valence-corrected chi connectivity index (χ2v) is 7.90. The number of anilines is 1. The molecule has 6 nitrogen and oxygen atoms in total. The van der Waals surface area contributed by atoms with Crippen LogP contribution in [-0.2, 0) is 4.79 Å². The van der Waals surface area contributed by atoms with Crippen LogP contribution in [0.5, 0.6) is 0 Å². The van der Waals surface area contributed by atoms with Gasteiger partial charge in [0.25, 0.3) is 5.91 Å². The van der Waals surface area contributed by atoms with Gasteiger partial charge in [-0.15, -0.1) is 11.3 Å². The minimum atomic E-state index is -0.134. The topological polar surface area (TPSA) is 74.9 Å². The molecule has 29 heavy (non-hydrogen) atoms. The second-order valence-electron chi connectivity index (χ2n) is 6.92. The Labute approximate surface area is 172 Å². The third-order valence-electron chi connectivity index (χ3n) is 4.80. The number of furan rings is 1. The Morgan fingerprint density at radius 3 is 2.62 bits per heavy atom. The molecular formula is C22H21N3O3S. The van der Waals surface area contributed by atoms with Crippen LogP contribution in [0.2, 0.25) is 0 Å². The first kappa shape index (κ1) is 19.1. The van der Waals surface area contributed by atoms with Gasteiger partial charge >= 0.3 is 0 Å². The van der Waals surface area contributed by atoms with Gasteiger partial charge in [-0.1, -0.05) is 6.07 Å². The summed E-state index contributed by atoms with van der Waals surface area (Å²) in [5.74, 6) is 1.40. The zero-order valence-electron chi connectivity index (χ0n) is 16.2. The van der Waals surface area contributed by atoms with E-state index in [9.17, 15) is 9.59 Å². The smallest absolute Gasteiger partial charge is 0.262 e. The number of aryl methyl sites for hydroxylation is 1. The molecule has 0 saturated carbocycles. The summed E-state index contributed by atoms with van der Waals surface area (Å²) in [4.78, 5) is 25.4. The van der Waals surface area contributed by atoms with E-state index in [1.807, 2.05) is 36.6 Å². The number of hydrogen-bond donors (Lipinski definition) is 1. The molecule has 1 aromatic carbocycles. The Hall–Kier alpha value is -3.19. The van der Waals surface area contributed by atoms with Crippen LogP contribution in [-0.4, -0.2) is 29.0 Å². The highest BCUT2D eigenvalue weighted by molar-refractivity contribution is 7.10. The molecule has 1 aliphatic rings. The normalized spacial score (nSPS) is 16.0. The zero-order chi connectivity index (χ0) is 20.4. The quantitative estimate of drug-likeness (QED) is 0.604. The summed E-state index contributed by atoms with van der Waals surface area (Å²) < 4.78 is 5.71. The van der Waals surface area contributed by atoms with Crippen molar-refractivity contribution in [3.63, 3.8) is 0 Å². The van der Waals surface area contributed by atoms with E-state index >= 15 is 0 Å². The van der Waals surface area contributed by atoms with Gasteiger partial charge in [0.2, 0.25) is 0 Å². The molecule has 3 aromatic rings. The van der Waals surface area contributed by atoms with Crippen molar-refractivity contribution < 1.29 is 14.0 Å². The SMILES string of the molecule is CC(=O)c1ccc(NCC(=O)N2N=C(c3ccc(C)o3)C[C@H]2c2cccs2)cc1. The molecule has 0 saturated heterocycles. The monoisotopic (exact) mass is 407 g/mol. The maximum atomic E-state index is 13.0. The number of rotatable bonds is 6. The predicted octanol–water partition coefficient (Wildman–Crippen LogP) is 4.64. The average Bonchev–Trinajstić information content (AvgIpc) is 3.46. The molecule has 0 bridgehead atoms. The van der Waals surface area contributed by atoms with Crippen LogP contribution in [0.25, 0.3) is 0 Å². The van der Waals surface area contributed by atoms with Gasteiger partial charge in [-0.25, -0.2) is 5.01 Å². The number of benzene rings is 1. The van der Waals surface area contributed by atoms with E-state index in [0.29, 0.717) is 17.7 Å². The van der Waals surface area contributed by atoms with Crippen molar-refractivity contribution in [1.82, 2.24) is 5.01 Å². The van der Waals surface area contributed by atoms with Crippen molar-refractivity contribution in [3.8, 4) is 0 Å². The van der Waals surface area contributed by atoms with Crippen LogP contribution in [0, 0.1) is 6.92 Å². The highest BCUT2D eigenvalue weighted by Gasteiger charge is 2.34. The standard InChI is InChI=1S/C22H21N3O3S/c1-14-5-10-20(28-14)18-12-19(21-4-3-11-29-21)25(24-18)22(27)13-23-17-8-6-16(7-9-17)15(2)26/h3-11,19,23H,12-13H2,1-2H3/t19-/m0/s1. The third-order valence-corrected chi connectivity index (χ3v) is 5.77. The fourth-order valence-electron chi connectivity index (χ4n) is 3.26. The number of carbonyl (C=O) groups excluding carboxylic acids is 2. The van der Waals surface area contributed by atoms with E-state index in [1.165, 1.54) is 6.92 Å². The molecule has 0 unspecified atom stereocenters. The molecule has 1 N–H and O–H groups in total. The summed E-state index contributed by atoms with van der Waals surface area (Å²) in [5, 5.41) is 11.3. The molecule has 148 valence electrons. The molecule has 7 heteroatoms. The lowest BCUT2D eigenvalue weighted by atomic mass is 10.1. The van der Waals surface area contributed by atoms with Gasteiger partial charge in [-0.3, -0.25) is 9.59 Å². The molecule has 1 amide bonds. The molecule has 0 aliphatic carbocycles. The Morgan fingerprint density at radius 1 is 1.21 bits per heavy atom. The molecule has 1 atom stereocenters. The maximum absolute atomic E-state index is 13.0. The van der Waals surface area contributed by atoms with E-state index in [4.69, 9.17) is 4.42 Å². The van der Waals surface area contributed by atoms with Gasteiger partial charge in [-0.05, 0) is 61.7 Å². The highest BCUT2D eigenvalue weighted by Crippen LogP contribution is 2.35. The number of amides is 1. The summed E-state index contributed by atoms with van der Waals surface area (Å²) >= 11 is 1.61. The minimum Gasteiger partial charge on any atom is -0.460 e. The molecule has 0 spiro atoms. The van der Waals surface area contributed by atoms with Gasteiger partial charge < -0.3 is 9.73 Å². The Morgan fingerprint density at radius 2 is 2.00 bits per heavy atom. The fraction of sp³-hybridized carbons (Fsp3) is 0.227. The van der Waals surface area contributed by atoms with Crippen molar-refractivity contribution in [2.24, 2.45) is 5.10 Å². The number of Topliss-reactive ketones (excluding diaryl/α,β-unsaturated/α-hetero) is 1. The van der Waals surface area contributed by atoms with Crippen LogP contribution in [0.15, 0.2) is 63.4 Å². The number of thiophene rings is 1. The molecular weight excluding hydrogens is 386 g/mol. The zero-order valence-corrected chi connectivity index (χ0v) is 17.0. The summed E-state index contributed by atoms with van der Waals surface area (Å²) in [6.07, 6.45) is 0.618. The van der Waals surface area contributed by atoms with Crippen LogP contribution in [0.3, 0.4) is 0 Å². The molecule has 0 radical (unpaired) electrons. The molecule has 0 fully saturated rings. The number of ketones is 1. The average molecular weight is 407 g/mol. The maximum Gasteiger partial charge on any atom is 0.262 e. The van der Waals surface area contributed by atoms with Gasteiger partial charge in [0.15, 0.2) is 5.78 Å². The molecule has 2 aromatic heterocycles. The molecule has 3 heterocycles. The lowest BCUT2D eigenvalue weighted by molar-refractivity contribution is -0.131. The highest BCUT2D eigenvalue weighted by atomic mass is 32.1. The first-order valence-corrected chi connectivity index (χ1v) is 10.2.